The molecule has 0 unspecified atom stereocenters. The molecule has 0 bridgehead atoms. The van der Waals surface area contributed by atoms with Crippen LogP contribution in [0.5, 0.6) is 11.5 Å². The predicted octanol–water partition coefficient (Wildman–Crippen LogP) is 4.01. The van der Waals surface area contributed by atoms with Gasteiger partial charge in [0.05, 0.1) is 13.7 Å². The summed E-state index contributed by atoms with van der Waals surface area (Å²) in [6, 6.07) is 14.3. The van der Waals surface area contributed by atoms with Gasteiger partial charge in [0.2, 0.25) is 0 Å². The monoisotopic (exact) mass is 271 g/mol. The second-order valence-electron chi connectivity index (χ2n) is 4.61. The first-order valence-corrected chi connectivity index (χ1v) is 6.83. The topological polar surface area (TPSA) is 30.5 Å². The van der Waals surface area contributed by atoms with Crippen molar-refractivity contribution in [1.82, 2.24) is 0 Å². The maximum absolute atomic E-state index is 5.43. The van der Waals surface area contributed by atoms with Gasteiger partial charge in [-0.15, -0.1) is 0 Å². The lowest BCUT2D eigenvalue weighted by Crippen LogP contribution is -2.00. The van der Waals surface area contributed by atoms with Gasteiger partial charge in [0.15, 0.2) is 0 Å². The first kappa shape index (κ1) is 14.3. The van der Waals surface area contributed by atoms with E-state index in [-0.39, 0.29) is 0 Å². The van der Waals surface area contributed by atoms with Gasteiger partial charge in [-0.25, -0.2) is 0 Å². The number of rotatable bonds is 6. The maximum Gasteiger partial charge on any atom is 0.121 e. The van der Waals surface area contributed by atoms with E-state index in [0.717, 1.165) is 29.3 Å². The second kappa shape index (κ2) is 6.85. The van der Waals surface area contributed by atoms with Crippen LogP contribution in [-0.2, 0) is 6.54 Å². The molecule has 2 rings (SSSR count). The zero-order valence-electron chi connectivity index (χ0n) is 12.3. The van der Waals surface area contributed by atoms with Gasteiger partial charge in [0.1, 0.15) is 11.5 Å². The SMILES string of the molecule is CCOc1ccc(CNc2ccc(OC)c(C)c2)cc1. The molecule has 106 valence electrons. The molecule has 0 saturated carbocycles. The summed E-state index contributed by atoms with van der Waals surface area (Å²) < 4.78 is 10.7. The summed E-state index contributed by atoms with van der Waals surface area (Å²) in [5.41, 5.74) is 3.45. The highest BCUT2D eigenvalue weighted by Crippen LogP contribution is 2.22. The molecule has 20 heavy (non-hydrogen) atoms. The lowest BCUT2D eigenvalue weighted by atomic mass is 10.2. The Morgan fingerprint density at radius 3 is 2.40 bits per heavy atom. The van der Waals surface area contributed by atoms with Gasteiger partial charge in [-0.1, -0.05) is 12.1 Å². The van der Waals surface area contributed by atoms with Crippen LogP contribution in [0.25, 0.3) is 0 Å². The average molecular weight is 271 g/mol. The number of aryl methyl sites for hydroxylation is 1. The average Bonchev–Trinajstić information content (AvgIpc) is 2.47. The Morgan fingerprint density at radius 1 is 1.05 bits per heavy atom. The third kappa shape index (κ3) is 3.67. The van der Waals surface area contributed by atoms with E-state index in [1.54, 1.807) is 7.11 Å². The summed E-state index contributed by atoms with van der Waals surface area (Å²) >= 11 is 0. The van der Waals surface area contributed by atoms with E-state index in [9.17, 15) is 0 Å². The van der Waals surface area contributed by atoms with Gasteiger partial charge >= 0.3 is 0 Å². The normalized spacial score (nSPS) is 10.2. The molecular formula is C17H21NO2. The van der Waals surface area contributed by atoms with Crippen molar-refractivity contribution in [2.24, 2.45) is 0 Å². The quantitative estimate of drug-likeness (QED) is 0.861. The fourth-order valence-electron chi connectivity index (χ4n) is 2.06. The molecule has 2 aromatic carbocycles. The molecule has 0 aliphatic carbocycles. The zero-order valence-corrected chi connectivity index (χ0v) is 12.3. The molecule has 0 amide bonds. The number of benzene rings is 2. The van der Waals surface area contributed by atoms with Crippen molar-refractivity contribution in [3.63, 3.8) is 0 Å². The van der Waals surface area contributed by atoms with Crippen LogP contribution in [0, 0.1) is 6.92 Å². The van der Waals surface area contributed by atoms with Crippen LogP contribution in [-0.4, -0.2) is 13.7 Å². The fraction of sp³-hybridized carbons (Fsp3) is 0.294. The molecule has 1 N–H and O–H groups in total. The van der Waals surface area contributed by atoms with Crippen molar-refractivity contribution >= 4 is 5.69 Å². The Kier molecular flexibility index (Phi) is 4.88. The smallest absolute Gasteiger partial charge is 0.121 e. The molecule has 0 aromatic heterocycles. The number of nitrogens with one attached hydrogen (secondary N) is 1. The third-order valence-corrected chi connectivity index (χ3v) is 3.13. The largest absolute Gasteiger partial charge is 0.496 e. The minimum Gasteiger partial charge on any atom is -0.496 e. The van der Waals surface area contributed by atoms with Gasteiger partial charge in [-0.2, -0.15) is 0 Å². The van der Waals surface area contributed by atoms with Gasteiger partial charge < -0.3 is 14.8 Å². The Balaban J connectivity index is 1.96. The van der Waals surface area contributed by atoms with Crippen molar-refractivity contribution in [3.8, 4) is 11.5 Å². The van der Waals surface area contributed by atoms with Crippen LogP contribution < -0.4 is 14.8 Å². The number of anilines is 1. The lowest BCUT2D eigenvalue weighted by molar-refractivity contribution is 0.340. The number of methoxy groups -OCH3 is 1. The van der Waals surface area contributed by atoms with Crippen molar-refractivity contribution in [2.75, 3.05) is 19.0 Å². The molecule has 0 spiro atoms. The fourth-order valence-corrected chi connectivity index (χ4v) is 2.06. The van der Waals surface area contributed by atoms with Gasteiger partial charge in [0, 0.05) is 12.2 Å². The van der Waals surface area contributed by atoms with Gasteiger partial charge in [-0.3, -0.25) is 0 Å². The highest BCUT2D eigenvalue weighted by Gasteiger charge is 2.00. The summed E-state index contributed by atoms with van der Waals surface area (Å²) in [7, 11) is 1.69. The Hall–Kier alpha value is -2.16. The van der Waals surface area contributed by atoms with E-state index >= 15 is 0 Å². The number of hydrogen-bond acceptors (Lipinski definition) is 3. The summed E-state index contributed by atoms with van der Waals surface area (Å²) in [4.78, 5) is 0. The number of ether oxygens (including phenoxy) is 2. The Bertz CT molecular complexity index is 549. The predicted molar refractivity (Wildman–Crippen MR) is 82.7 cm³/mol. The van der Waals surface area contributed by atoms with Crippen LogP contribution in [0.4, 0.5) is 5.69 Å². The number of hydrogen-bond donors (Lipinski definition) is 1. The second-order valence-corrected chi connectivity index (χ2v) is 4.61. The highest BCUT2D eigenvalue weighted by atomic mass is 16.5. The molecule has 0 heterocycles. The van der Waals surface area contributed by atoms with E-state index < -0.39 is 0 Å². The van der Waals surface area contributed by atoms with Gasteiger partial charge in [0.25, 0.3) is 0 Å². The van der Waals surface area contributed by atoms with Gasteiger partial charge in [-0.05, 0) is 55.3 Å². The minimum atomic E-state index is 0.697. The lowest BCUT2D eigenvalue weighted by Gasteiger charge is -2.10. The Morgan fingerprint density at radius 2 is 1.80 bits per heavy atom. The molecule has 0 saturated heterocycles. The summed E-state index contributed by atoms with van der Waals surface area (Å²) in [5, 5.41) is 3.41. The molecule has 0 aliphatic heterocycles. The standard InChI is InChI=1S/C17H21NO2/c1-4-20-16-8-5-14(6-9-16)12-18-15-7-10-17(19-3)13(2)11-15/h5-11,18H,4,12H2,1-3H3. The molecule has 0 radical (unpaired) electrons. The maximum atomic E-state index is 5.43. The van der Waals surface area contributed by atoms with Crippen molar-refractivity contribution in [3.05, 3.63) is 53.6 Å². The molecule has 0 aliphatic rings. The van der Waals surface area contributed by atoms with Crippen molar-refractivity contribution in [2.45, 2.75) is 20.4 Å². The summed E-state index contributed by atoms with van der Waals surface area (Å²) in [6.45, 7) is 5.52. The Labute approximate surface area is 120 Å². The van der Waals surface area contributed by atoms with E-state index in [4.69, 9.17) is 9.47 Å². The van der Waals surface area contributed by atoms with E-state index in [0.29, 0.717) is 6.61 Å². The summed E-state index contributed by atoms with van der Waals surface area (Å²) in [5.74, 6) is 1.83. The zero-order chi connectivity index (χ0) is 14.4. The van der Waals surface area contributed by atoms with E-state index in [1.165, 1.54) is 5.56 Å². The summed E-state index contributed by atoms with van der Waals surface area (Å²) in [6.07, 6.45) is 0. The van der Waals surface area contributed by atoms with Crippen LogP contribution >= 0.6 is 0 Å². The molecule has 0 atom stereocenters. The minimum absolute atomic E-state index is 0.697. The third-order valence-electron chi connectivity index (χ3n) is 3.13. The molecule has 3 nitrogen and oxygen atoms in total. The van der Waals surface area contributed by atoms with Crippen LogP contribution in [0.1, 0.15) is 18.1 Å². The molecule has 0 fully saturated rings. The highest BCUT2D eigenvalue weighted by molar-refractivity contribution is 5.51. The van der Waals surface area contributed by atoms with Crippen molar-refractivity contribution < 1.29 is 9.47 Å². The van der Waals surface area contributed by atoms with Crippen LogP contribution in [0.15, 0.2) is 42.5 Å². The van der Waals surface area contributed by atoms with Crippen LogP contribution in [0.2, 0.25) is 0 Å². The molecule has 3 heteroatoms. The van der Waals surface area contributed by atoms with E-state index in [1.807, 2.05) is 38.1 Å². The van der Waals surface area contributed by atoms with E-state index in [2.05, 4.69) is 23.5 Å². The van der Waals surface area contributed by atoms with Crippen molar-refractivity contribution in [1.29, 1.82) is 0 Å². The molecular weight excluding hydrogens is 250 g/mol. The first-order valence-electron chi connectivity index (χ1n) is 6.83. The van der Waals surface area contributed by atoms with Crippen LogP contribution in [0.3, 0.4) is 0 Å². The molecule has 2 aromatic rings. The first-order chi connectivity index (χ1) is 9.72.